The summed E-state index contributed by atoms with van der Waals surface area (Å²) in [6, 6.07) is 17.2. The molecule has 1 amide bonds. The third kappa shape index (κ3) is 5.99. The SMILES string of the molecule is CNC(=O)/C(=N/OC)c1cccc(Cl)c1COc1ccc(Sc2cccc(C)c2)cn1. The Kier molecular flexibility index (Phi) is 7.92. The Morgan fingerprint density at radius 3 is 2.65 bits per heavy atom. The number of pyridine rings is 1. The Bertz CT molecular complexity index is 1090. The third-order valence-electron chi connectivity index (χ3n) is 4.30. The van der Waals surface area contributed by atoms with E-state index in [4.69, 9.17) is 21.2 Å². The summed E-state index contributed by atoms with van der Waals surface area (Å²) >= 11 is 8.02. The topological polar surface area (TPSA) is 72.8 Å². The first kappa shape index (κ1) is 22.7. The normalized spacial score (nSPS) is 11.2. The van der Waals surface area contributed by atoms with Gasteiger partial charge in [0.1, 0.15) is 13.7 Å². The number of carbonyl (C=O) groups is 1. The van der Waals surface area contributed by atoms with E-state index in [-0.39, 0.29) is 18.2 Å². The van der Waals surface area contributed by atoms with Crippen LogP contribution in [0.4, 0.5) is 0 Å². The maximum absolute atomic E-state index is 12.2. The molecule has 1 N–H and O–H groups in total. The van der Waals surface area contributed by atoms with E-state index < -0.39 is 0 Å². The van der Waals surface area contributed by atoms with Gasteiger partial charge in [-0.15, -0.1) is 0 Å². The van der Waals surface area contributed by atoms with Gasteiger partial charge >= 0.3 is 0 Å². The van der Waals surface area contributed by atoms with Gasteiger partial charge in [-0.2, -0.15) is 0 Å². The van der Waals surface area contributed by atoms with E-state index in [2.05, 4.69) is 40.6 Å². The summed E-state index contributed by atoms with van der Waals surface area (Å²) in [7, 11) is 2.90. The van der Waals surface area contributed by atoms with Crippen LogP contribution in [-0.2, 0) is 16.2 Å². The van der Waals surface area contributed by atoms with Crippen LogP contribution >= 0.6 is 23.4 Å². The summed E-state index contributed by atoms with van der Waals surface area (Å²) in [4.78, 5) is 23.6. The first-order valence-corrected chi connectivity index (χ1v) is 10.7. The van der Waals surface area contributed by atoms with Crippen LogP contribution < -0.4 is 10.1 Å². The van der Waals surface area contributed by atoms with E-state index in [0.29, 0.717) is 22.0 Å². The van der Waals surface area contributed by atoms with Gasteiger partial charge in [-0.05, 0) is 31.2 Å². The number of halogens is 1. The fraction of sp³-hybridized carbons (Fsp3) is 0.174. The molecule has 160 valence electrons. The second-order valence-electron chi connectivity index (χ2n) is 6.51. The largest absolute Gasteiger partial charge is 0.473 e. The lowest BCUT2D eigenvalue weighted by atomic mass is 10.0. The molecule has 0 spiro atoms. The lowest BCUT2D eigenvalue weighted by Crippen LogP contribution is -2.29. The van der Waals surface area contributed by atoms with Gasteiger partial charge in [0.15, 0.2) is 5.71 Å². The Hall–Kier alpha value is -3.03. The zero-order valence-electron chi connectivity index (χ0n) is 17.4. The number of rotatable bonds is 8. The molecule has 0 radical (unpaired) electrons. The summed E-state index contributed by atoms with van der Waals surface area (Å²) in [5.41, 5.74) is 2.47. The van der Waals surface area contributed by atoms with E-state index in [0.717, 1.165) is 9.79 Å². The molecule has 1 heterocycles. The van der Waals surface area contributed by atoms with E-state index in [1.807, 2.05) is 12.1 Å². The van der Waals surface area contributed by atoms with Gasteiger partial charge in [-0.25, -0.2) is 4.98 Å². The maximum atomic E-state index is 12.2. The molecule has 0 bridgehead atoms. The number of likely N-dealkylation sites (N-methyl/N-ethyl adjacent to an activating group) is 1. The van der Waals surface area contributed by atoms with Crippen molar-refractivity contribution in [1.29, 1.82) is 0 Å². The second kappa shape index (κ2) is 10.8. The minimum absolute atomic E-state index is 0.115. The molecule has 0 fully saturated rings. The summed E-state index contributed by atoms with van der Waals surface area (Å²) in [6.07, 6.45) is 1.76. The number of nitrogens with zero attached hydrogens (tertiary/aromatic N) is 2. The van der Waals surface area contributed by atoms with Gasteiger partial charge in [0.05, 0.1) is 0 Å². The first-order chi connectivity index (χ1) is 15.0. The molecule has 0 aliphatic carbocycles. The van der Waals surface area contributed by atoms with Crippen molar-refractivity contribution in [2.45, 2.75) is 23.3 Å². The van der Waals surface area contributed by atoms with Crippen molar-refractivity contribution in [3.05, 3.63) is 82.5 Å². The van der Waals surface area contributed by atoms with Crippen LogP contribution in [0, 0.1) is 6.92 Å². The number of amides is 1. The van der Waals surface area contributed by atoms with Crippen molar-refractivity contribution < 1.29 is 14.4 Å². The molecule has 0 saturated heterocycles. The minimum Gasteiger partial charge on any atom is -0.473 e. The number of carbonyl (C=O) groups excluding carboxylic acids is 1. The Morgan fingerprint density at radius 2 is 1.97 bits per heavy atom. The van der Waals surface area contributed by atoms with Crippen molar-refractivity contribution in [3.8, 4) is 5.88 Å². The lowest BCUT2D eigenvalue weighted by molar-refractivity contribution is -0.114. The molecular weight excluding hydrogens is 434 g/mol. The maximum Gasteiger partial charge on any atom is 0.273 e. The first-order valence-electron chi connectivity index (χ1n) is 9.46. The van der Waals surface area contributed by atoms with Crippen molar-refractivity contribution in [3.63, 3.8) is 0 Å². The standard InChI is InChI=1S/C23H22ClN3O3S/c1-15-6-4-7-16(12-15)31-17-10-11-21(26-13-17)30-14-19-18(8-5-9-20(19)24)22(27-29-3)23(28)25-2/h4-13H,14H2,1-3H3,(H,25,28)/b27-22+. The van der Waals surface area contributed by atoms with Crippen LogP contribution in [0.15, 0.2) is 75.7 Å². The zero-order valence-corrected chi connectivity index (χ0v) is 19.0. The molecule has 0 saturated carbocycles. The highest BCUT2D eigenvalue weighted by molar-refractivity contribution is 7.99. The number of aromatic nitrogens is 1. The molecule has 31 heavy (non-hydrogen) atoms. The molecule has 0 aliphatic rings. The Morgan fingerprint density at radius 1 is 1.16 bits per heavy atom. The quantitative estimate of drug-likeness (QED) is 0.387. The molecule has 3 rings (SSSR count). The summed E-state index contributed by atoms with van der Waals surface area (Å²) in [5.74, 6) is 0.0608. The number of oxime groups is 1. The van der Waals surface area contributed by atoms with Gasteiger partial charge in [0.2, 0.25) is 5.88 Å². The van der Waals surface area contributed by atoms with Crippen LogP contribution in [0.3, 0.4) is 0 Å². The third-order valence-corrected chi connectivity index (χ3v) is 5.62. The van der Waals surface area contributed by atoms with Crippen LogP contribution in [0.2, 0.25) is 5.02 Å². The minimum atomic E-state index is -0.388. The van der Waals surface area contributed by atoms with Crippen molar-refractivity contribution in [2.75, 3.05) is 14.2 Å². The van der Waals surface area contributed by atoms with Crippen LogP contribution in [0.5, 0.6) is 5.88 Å². The highest BCUT2D eigenvalue weighted by Crippen LogP contribution is 2.29. The molecule has 2 aromatic carbocycles. The fourth-order valence-electron chi connectivity index (χ4n) is 2.82. The molecule has 3 aromatic rings. The number of hydrogen-bond donors (Lipinski definition) is 1. The average molecular weight is 456 g/mol. The number of benzene rings is 2. The van der Waals surface area contributed by atoms with Gasteiger partial charge in [0.25, 0.3) is 5.91 Å². The Labute approximate surface area is 190 Å². The molecule has 8 heteroatoms. The highest BCUT2D eigenvalue weighted by Gasteiger charge is 2.20. The molecule has 0 aliphatic heterocycles. The van der Waals surface area contributed by atoms with Crippen molar-refractivity contribution in [1.82, 2.24) is 10.3 Å². The highest BCUT2D eigenvalue weighted by atomic mass is 35.5. The summed E-state index contributed by atoms with van der Waals surface area (Å²) in [5, 5.41) is 6.86. The van der Waals surface area contributed by atoms with Gasteiger partial charge in [0, 0.05) is 45.3 Å². The van der Waals surface area contributed by atoms with Gasteiger partial charge < -0.3 is 14.9 Å². The molecule has 1 aromatic heterocycles. The van der Waals surface area contributed by atoms with Gasteiger partial charge in [-0.3, -0.25) is 4.79 Å². The van der Waals surface area contributed by atoms with Gasteiger partial charge in [-0.1, -0.05) is 58.3 Å². The lowest BCUT2D eigenvalue weighted by Gasteiger charge is -2.13. The van der Waals surface area contributed by atoms with E-state index in [1.165, 1.54) is 19.7 Å². The van der Waals surface area contributed by atoms with E-state index in [1.54, 1.807) is 42.2 Å². The summed E-state index contributed by atoms with van der Waals surface area (Å²) in [6.45, 7) is 2.18. The van der Waals surface area contributed by atoms with Crippen LogP contribution in [-0.4, -0.2) is 30.8 Å². The van der Waals surface area contributed by atoms with Crippen LogP contribution in [0.25, 0.3) is 0 Å². The second-order valence-corrected chi connectivity index (χ2v) is 8.06. The molecule has 0 unspecified atom stereocenters. The molecular formula is C23H22ClN3O3S. The number of nitrogens with one attached hydrogen (secondary N) is 1. The fourth-order valence-corrected chi connectivity index (χ4v) is 3.96. The predicted octanol–water partition coefficient (Wildman–Crippen LogP) is 4.87. The van der Waals surface area contributed by atoms with E-state index >= 15 is 0 Å². The average Bonchev–Trinajstić information content (AvgIpc) is 2.77. The number of ether oxygens (including phenoxy) is 1. The smallest absolute Gasteiger partial charge is 0.273 e. The molecule has 0 atom stereocenters. The van der Waals surface area contributed by atoms with E-state index in [9.17, 15) is 4.79 Å². The zero-order chi connectivity index (χ0) is 22.2. The molecule has 6 nitrogen and oxygen atoms in total. The number of hydrogen-bond acceptors (Lipinski definition) is 6. The Balaban J connectivity index is 1.75. The summed E-state index contributed by atoms with van der Waals surface area (Å²) < 4.78 is 5.85. The number of aryl methyl sites for hydroxylation is 1. The van der Waals surface area contributed by atoms with Crippen molar-refractivity contribution in [2.24, 2.45) is 5.16 Å². The predicted molar refractivity (Wildman–Crippen MR) is 123 cm³/mol. The van der Waals surface area contributed by atoms with Crippen molar-refractivity contribution >= 4 is 35.0 Å². The monoisotopic (exact) mass is 455 g/mol. The van der Waals surface area contributed by atoms with Crippen LogP contribution in [0.1, 0.15) is 16.7 Å².